The molecule has 0 aliphatic rings. The van der Waals surface area contributed by atoms with Gasteiger partial charge in [0.1, 0.15) is 23.4 Å². The summed E-state index contributed by atoms with van der Waals surface area (Å²) in [7, 11) is 0. The Hall–Kier alpha value is -2.43. The Morgan fingerprint density at radius 1 is 0.917 bits per heavy atom. The number of halogens is 3. The molecule has 0 aliphatic heterocycles. The zero-order valence-corrected chi connectivity index (χ0v) is 13.5. The zero-order valence-electron chi connectivity index (χ0n) is 13.5. The van der Waals surface area contributed by atoms with Gasteiger partial charge in [0.2, 0.25) is 0 Å². The molecule has 2 nitrogen and oxygen atoms in total. The summed E-state index contributed by atoms with van der Waals surface area (Å²) in [6.07, 6.45) is 0.583. The van der Waals surface area contributed by atoms with Gasteiger partial charge in [0, 0.05) is 0 Å². The van der Waals surface area contributed by atoms with E-state index in [1.54, 1.807) is 24.3 Å². The highest BCUT2D eigenvalue weighted by Crippen LogP contribution is 2.31. The first kappa shape index (κ1) is 17.9. The highest BCUT2D eigenvalue weighted by Gasteiger charge is 2.30. The van der Waals surface area contributed by atoms with Crippen molar-refractivity contribution in [2.75, 3.05) is 0 Å². The quantitative estimate of drug-likeness (QED) is 0.582. The van der Waals surface area contributed by atoms with Crippen molar-refractivity contribution in [3.8, 4) is 17.2 Å². The summed E-state index contributed by atoms with van der Waals surface area (Å²) in [6, 6.07) is 11.5. The van der Waals surface area contributed by atoms with E-state index in [1.165, 1.54) is 12.1 Å². The van der Waals surface area contributed by atoms with E-state index in [-0.39, 0.29) is 6.10 Å². The Labute approximate surface area is 139 Å². The van der Waals surface area contributed by atoms with Crippen molar-refractivity contribution in [1.29, 1.82) is 0 Å². The maximum absolute atomic E-state index is 12.5. The van der Waals surface area contributed by atoms with Gasteiger partial charge in [-0.1, -0.05) is 13.0 Å². The lowest BCUT2D eigenvalue weighted by Gasteiger charge is -2.12. The van der Waals surface area contributed by atoms with E-state index in [0.29, 0.717) is 17.2 Å². The molecule has 2 rings (SSSR count). The number of alkyl halides is 3. The fourth-order valence-electron chi connectivity index (χ4n) is 2.02. The lowest BCUT2D eigenvalue weighted by Crippen LogP contribution is -2.07. The zero-order chi connectivity index (χ0) is 17.6. The lowest BCUT2D eigenvalue weighted by molar-refractivity contribution is -0.137. The highest BCUT2D eigenvalue weighted by atomic mass is 19.4. The maximum atomic E-state index is 12.5. The van der Waals surface area contributed by atoms with E-state index in [1.807, 2.05) is 19.1 Å². The van der Waals surface area contributed by atoms with Gasteiger partial charge < -0.3 is 9.47 Å². The van der Waals surface area contributed by atoms with E-state index < -0.39 is 11.7 Å². The van der Waals surface area contributed by atoms with Crippen LogP contribution in [-0.4, -0.2) is 6.10 Å². The molecule has 1 unspecified atom stereocenters. The third kappa shape index (κ3) is 5.33. The van der Waals surface area contributed by atoms with E-state index >= 15 is 0 Å². The second kappa shape index (κ2) is 7.90. The van der Waals surface area contributed by atoms with Crippen molar-refractivity contribution < 1.29 is 22.6 Å². The van der Waals surface area contributed by atoms with Crippen LogP contribution in [-0.2, 0) is 6.18 Å². The van der Waals surface area contributed by atoms with Gasteiger partial charge >= 0.3 is 6.18 Å². The van der Waals surface area contributed by atoms with Crippen molar-refractivity contribution in [2.45, 2.75) is 32.5 Å². The van der Waals surface area contributed by atoms with Gasteiger partial charge in [-0.2, -0.15) is 13.2 Å². The summed E-state index contributed by atoms with van der Waals surface area (Å²) in [5.74, 6) is 1.57. The number of ether oxygens (including phenoxy) is 2. The predicted octanol–water partition coefficient (Wildman–Crippen LogP) is 6.23. The number of hydrogen-bond donors (Lipinski definition) is 0. The van der Waals surface area contributed by atoms with Crippen LogP contribution in [0, 0.1) is 0 Å². The number of benzene rings is 2. The normalized spacial score (nSPS) is 13.0. The van der Waals surface area contributed by atoms with Crippen LogP contribution in [0.5, 0.6) is 17.2 Å². The van der Waals surface area contributed by atoms with E-state index in [2.05, 4.69) is 6.92 Å². The summed E-state index contributed by atoms with van der Waals surface area (Å²) < 4.78 is 48.8. The molecule has 24 heavy (non-hydrogen) atoms. The predicted molar refractivity (Wildman–Crippen MR) is 87.5 cm³/mol. The van der Waals surface area contributed by atoms with Crippen molar-refractivity contribution in [1.82, 2.24) is 0 Å². The van der Waals surface area contributed by atoms with Crippen LogP contribution in [0.1, 0.15) is 25.8 Å². The third-order valence-corrected chi connectivity index (χ3v) is 3.21. The molecule has 0 saturated heterocycles. The molecule has 0 saturated carbocycles. The van der Waals surface area contributed by atoms with Crippen LogP contribution < -0.4 is 9.47 Å². The molecular formula is C19H19F3O2. The molecule has 0 aliphatic carbocycles. The lowest BCUT2D eigenvalue weighted by atomic mass is 10.2. The Morgan fingerprint density at radius 3 is 1.92 bits per heavy atom. The summed E-state index contributed by atoms with van der Waals surface area (Å²) >= 11 is 0. The number of allylic oxidation sites excluding steroid dienone is 1. The Morgan fingerprint density at radius 2 is 1.42 bits per heavy atom. The van der Waals surface area contributed by atoms with Gasteiger partial charge in [0.25, 0.3) is 0 Å². The largest absolute Gasteiger partial charge is 0.487 e. The van der Waals surface area contributed by atoms with Gasteiger partial charge in [-0.25, -0.2) is 0 Å². The standard InChI is InChI=1S/C19H19F3O2/c1-3-4-5-14(2)23-16-10-12-18(13-11-16)24-17-8-6-15(7-9-17)19(20,21)22/h4-14H,3H2,1-2H3. The van der Waals surface area contributed by atoms with E-state index in [0.717, 1.165) is 18.6 Å². The monoisotopic (exact) mass is 336 g/mol. The van der Waals surface area contributed by atoms with E-state index in [4.69, 9.17) is 9.47 Å². The molecule has 0 aromatic heterocycles. The molecule has 5 heteroatoms. The topological polar surface area (TPSA) is 18.5 Å². The van der Waals surface area contributed by atoms with Crippen LogP contribution in [0.2, 0.25) is 0 Å². The van der Waals surface area contributed by atoms with Crippen molar-refractivity contribution in [3.63, 3.8) is 0 Å². The summed E-state index contributed by atoms with van der Waals surface area (Å²) in [5.41, 5.74) is -0.701. The third-order valence-electron chi connectivity index (χ3n) is 3.21. The molecule has 0 fully saturated rings. The smallest absolute Gasteiger partial charge is 0.416 e. The first-order valence-corrected chi connectivity index (χ1v) is 7.67. The van der Waals surface area contributed by atoms with Gasteiger partial charge in [0.05, 0.1) is 5.56 Å². The van der Waals surface area contributed by atoms with E-state index in [9.17, 15) is 13.2 Å². The molecule has 0 radical (unpaired) electrons. The Balaban J connectivity index is 1.97. The second-order valence-electron chi connectivity index (χ2n) is 5.25. The summed E-state index contributed by atoms with van der Waals surface area (Å²) in [5, 5.41) is 0. The van der Waals surface area contributed by atoms with Gasteiger partial charge in [0.15, 0.2) is 0 Å². The van der Waals surface area contributed by atoms with Crippen LogP contribution in [0.4, 0.5) is 13.2 Å². The maximum Gasteiger partial charge on any atom is 0.416 e. The molecule has 2 aromatic carbocycles. The van der Waals surface area contributed by atoms with Gasteiger partial charge in [-0.05, 0) is 68.0 Å². The molecule has 0 spiro atoms. The fourth-order valence-corrected chi connectivity index (χ4v) is 2.02. The van der Waals surface area contributed by atoms with Gasteiger partial charge in [-0.3, -0.25) is 0 Å². The van der Waals surface area contributed by atoms with Crippen LogP contribution >= 0.6 is 0 Å². The van der Waals surface area contributed by atoms with Crippen LogP contribution in [0.25, 0.3) is 0 Å². The average molecular weight is 336 g/mol. The molecule has 1 atom stereocenters. The minimum atomic E-state index is -4.35. The second-order valence-corrected chi connectivity index (χ2v) is 5.25. The Kier molecular flexibility index (Phi) is 5.90. The molecule has 0 amide bonds. The first-order valence-electron chi connectivity index (χ1n) is 7.67. The Bertz CT molecular complexity index is 659. The van der Waals surface area contributed by atoms with Gasteiger partial charge in [-0.15, -0.1) is 0 Å². The molecule has 0 N–H and O–H groups in total. The van der Waals surface area contributed by atoms with Crippen molar-refractivity contribution >= 4 is 0 Å². The van der Waals surface area contributed by atoms with Crippen LogP contribution in [0.15, 0.2) is 60.7 Å². The molecular weight excluding hydrogens is 317 g/mol. The summed E-state index contributed by atoms with van der Waals surface area (Å²) in [6.45, 7) is 4.00. The molecule has 2 aromatic rings. The minimum Gasteiger partial charge on any atom is -0.487 e. The SMILES string of the molecule is CCC=CC(C)Oc1ccc(Oc2ccc(C(F)(F)F)cc2)cc1. The molecule has 0 heterocycles. The van der Waals surface area contributed by atoms with Crippen molar-refractivity contribution in [2.24, 2.45) is 0 Å². The highest BCUT2D eigenvalue weighted by molar-refractivity contribution is 5.36. The molecule has 128 valence electrons. The van der Waals surface area contributed by atoms with Crippen molar-refractivity contribution in [3.05, 3.63) is 66.2 Å². The average Bonchev–Trinajstić information content (AvgIpc) is 2.54. The first-order chi connectivity index (χ1) is 11.4. The minimum absolute atomic E-state index is 0.0355. The number of hydrogen-bond acceptors (Lipinski definition) is 2. The summed E-state index contributed by atoms with van der Waals surface area (Å²) in [4.78, 5) is 0. The fraction of sp³-hybridized carbons (Fsp3) is 0.263. The van der Waals surface area contributed by atoms with Crippen LogP contribution in [0.3, 0.4) is 0 Å². The molecule has 0 bridgehead atoms. The number of rotatable bonds is 6.